The highest BCUT2D eigenvalue weighted by Gasteiger charge is 2.25. The van der Waals surface area contributed by atoms with Crippen LogP contribution in [0.25, 0.3) is 10.9 Å². The molecule has 4 rings (SSSR count). The van der Waals surface area contributed by atoms with Crippen LogP contribution in [0.1, 0.15) is 36.4 Å². The number of benzene rings is 1. The summed E-state index contributed by atoms with van der Waals surface area (Å²) in [5.74, 6) is 0. The summed E-state index contributed by atoms with van der Waals surface area (Å²) in [6.07, 6.45) is 9.94. The fourth-order valence-corrected chi connectivity index (χ4v) is 3.63. The van der Waals surface area contributed by atoms with E-state index in [1.165, 1.54) is 54.4 Å². The van der Waals surface area contributed by atoms with Gasteiger partial charge in [-0.05, 0) is 55.3 Å². The second-order valence-electron chi connectivity index (χ2n) is 6.07. The number of hydrogen-bond acceptors (Lipinski definition) is 2. The van der Waals surface area contributed by atoms with Crippen LogP contribution in [0.3, 0.4) is 0 Å². The average Bonchev–Trinajstić information content (AvgIpc) is 3.01. The number of piperidine rings is 1. The molecule has 1 aliphatic heterocycles. The lowest BCUT2D eigenvalue weighted by molar-refractivity contribution is 0.188. The Balaban J connectivity index is 1.83. The van der Waals surface area contributed by atoms with Crippen LogP contribution >= 0.6 is 0 Å². The quantitative estimate of drug-likeness (QED) is 0.786. The van der Waals surface area contributed by atoms with E-state index in [0.717, 1.165) is 0 Å². The molecule has 2 aromatic heterocycles. The largest absolute Gasteiger partial charge is 0.361 e. The van der Waals surface area contributed by atoms with Crippen LogP contribution in [-0.2, 0) is 0 Å². The first kappa shape index (κ1) is 13.5. The van der Waals surface area contributed by atoms with Crippen molar-refractivity contribution in [2.24, 2.45) is 0 Å². The SMILES string of the molecule is c1ccc2c(C(c3ccncc3)N3CCCCC3)c[nH]c2c1. The highest BCUT2D eigenvalue weighted by molar-refractivity contribution is 5.84. The van der Waals surface area contributed by atoms with Gasteiger partial charge in [0.05, 0.1) is 6.04 Å². The standard InChI is InChI=1S/C19H21N3/c1-4-12-22(13-5-1)19(15-8-10-20-11-9-15)17-14-21-18-7-3-2-6-16(17)18/h2-3,6-11,14,19,21H,1,4-5,12-13H2. The predicted molar refractivity (Wildman–Crippen MR) is 89.8 cm³/mol. The molecule has 1 fully saturated rings. The molecule has 1 aromatic carbocycles. The molecule has 1 aliphatic rings. The number of aromatic amines is 1. The predicted octanol–water partition coefficient (Wildman–Crippen LogP) is 4.14. The highest BCUT2D eigenvalue weighted by Crippen LogP contribution is 2.34. The number of fused-ring (bicyclic) bond motifs is 1. The van der Waals surface area contributed by atoms with Crippen LogP contribution in [0.5, 0.6) is 0 Å². The number of nitrogens with zero attached hydrogens (tertiary/aromatic N) is 2. The zero-order chi connectivity index (χ0) is 14.8. The lowest BCUT2D eigenvalue weighted by atomic mass is 9.95. The van der Waals surface area contributed by atoms with E-state index in [9.17, 15) is 0 Å². The first-order valence-corrected chi connectivity index (χ1v) is 8.13. The third-order valence-corrected chi connectivity index (χ3v) is 4.69. The summed E-state index contributed by atoms with van der Waals surface area (Å²) in [4.78, 5) is 10.2. The molecule has 0 saturated carbocycles. The monoisotopic (exact) mass is 291 g/mol. The average molecular weight is 291 g/mol. The van der Waals surface area contributed by atoms with Gasteiger partial charge in [0.25, 0.3) is 0 Å². The van der Waals surface area contributed by atoms with E-state index in [1.54, 1.807) is 0 Å². The van der Waals surface area contributed by atoms with Gasteiger partial charge in [0.2, 0.25) is 0 Å². The maximum Gasteiger partial charge on any atom is 0.0624 e. The first-order valence-electron chi connectivity index (χ1n) is 8.13. The van der Waals surface area contributed by atoms with Crippen LogP contribution < -0.4 is 0 Å². The maximum absolute atomic E-state index is 4.19. The number of likely N-dealkylation sites (tertiary alicyclic amines) is 1. The number of para-hydroxylation sites is 1. The maximum atomic E-state index is 4.19. The lowest BCUT2D eigenvalue weighted by Gasteiger charge is -2.34. The van der Waals surface area contributed by atoms with Crippen molar-refractivity contribution in [1.82, 2.24) is 14.9 Å². The van der Waals surface area contributed by atoms with E-state index in [-0.39, 0.29) is 0 Å². The first-order chi connectivity index (χ1) is 10.9. The third-order valence-electron chi connectivity index (χ3n) is 4.69. The van der Waals surface area contributed by atoms with E-state index in [1.807, 2.05) is 12.4 Å². The second kappa shape index (κ2) is 5.93. The highest BCUT2D eigenvalue weighted by atomic mass is 15.2. The van der Waals surface area contributed by atoms with Gasteiger partial charge in [0.15, 0.2) is 0 Å². The Morgan fingerprint density at radius 3 is 2.55 bits per heavy atom. The van der Waals surface area contributed by atoms with Gasteiger partial charge in [-0.15, -0.1) is 0 Å². The van der Waals surface area contributed by atoms with Gasteiger partial charge in [-0.1, -0.05) is 24.6 Å². The smallest absolute Gasteiger partial charge is 0.0624 e. The molecule has 0 amide bonds. The van der Waals surface area contributed by atoms with Gasteiger partial charge in [-0.2, -0.15) is 0 Å². The number of rotatable bonds is 3. The summed E-state index contributed by atoms with van der Waals surface area (Å²) in [7, 11) is 0. The van der Waals surface area contributed by atoms with Gasteiger partial charge < -0.3 is 4.98 Å². The lowest BCUT2D eigenvalue weighted by Crippen LogP contribution is -2.34. The molecule has 1 unspecified atom stereocenters. The molecule has 22 heavy (non-hydrogen) atoms. The molecule has 1 atom stereocenters. The van der Waals surface area contributed by atoms with E-state index in [2.05, 4.69) is 57.5 Å². The second-order valence-corrected chi connectivity index (χ2v) is 6.07. The van der Waals surface area contributed by atoms with Crippen LogP contribution in [0.4, 0.5) is 0 Å². The topological polar surface area (TPSA) is 31.9 Å². The molecule has 3 heteroatoms. The van der Waals surface area contributed by atoms with Crippen LogP contribution in [0.15, 0.2) is 55.0 Å². The van der Waals surface area contributed by atoms with Gasteiger partial charge in [-0.3, -0.25) is 9.88 Å². The van der Waals surface area contributed by atoms with Crippen molar-refractivity contribution >= 4 is 10.9 Å². The molecular weight excluding hydrogens is 270 g/mol. The molecule has 1 N–H and O–H groups in total. The van der Waals surface area contributed by atoms with Gasteiger partial charge in [-0.25, -0.2) is 0 Å². The summed E-state index contributed by atoms with van der Waals surface area (Å²) in [6.45, 7) is 2.35. The van der Waals surface area contributed by atoms with Crippen molar-refractivity contribution in [3.63, 3.8) is 0 Å². The summed E-state index contributed by atoms with van der Waals surface area (Å²) < 4.78 is 0. The molecule has 1 saturated heterocycles. The van der Waals surface area contributed by atoms with Crippen molar-refractivity contribution in [1.29, 1.82) is 0 Å². The Bertz CT molecular complexity index is 741. The fraction of sp³-hybridized carbons (Fsp3) is 0.316. The van der Waals surface area contributed by atoms with Crippen molar-refractivity contribution in [2.45, 2.75) is 25.3 Å². The molecule has 0 radical (unpaired) electrons. The Labute approximate surface area is 131 Å². The molecule has 112 valence electrons. The van der Waals surface area contributed by atoms with Crippen molar-refractivity contribution in [2.75, 3.05) is 13.1 Å². The number of H-pyrrole nitrogens is 1. The fourth-order valence-electron chi connectivity index (χ4n) is 3.63. The molecule has 0 aliphatic carbocycles. The minimum atomic E-state index is 0.319. The minimum absolute atomic E-state index is 0.319. The summed E-state index contributed by atoms with van der Waals surface area (Å²) in [5.41, 5.74) is 3.93. The normalized spacial score (nSPS) is 17.6. The zero-order valence-electron chi connectivity index (χ0n) is 12.7. The van der Waals surface area contributed by atoms with Crippen LogP contribution in [0.2, 0.25) is 0 Å². The number of hydrogen-bond donors (Lipinski definition) is 1. The van der Waals surface area contributed by atoms with Crippen molar-refractivity contribution < 1.29 is 0 Å². The number of nitrogens with one attached hydrogen (secondary N) is 1. The molecule has 3 heterocycles. The van der Waals surface area contributed by atoms with E-state index in [4.69, 9.17) is 0 Å². The zero-order valence-corrected chi connectivity index (χ0v) is 12.7. The number of pyridine rings is 1. The molecule has 3 nitrogen and oxygen atoms in total. The van der Waals surface area contributed by atoms with E-state index >= 15 is 0 Å². The van der Waals surface area contributed by atoms with Gasteiger partial charge in [0, 0.05) is 29.5 Å². The van der Waals surface area contributed by atoms with Crippen molar-refractivity contribution in [3.05, 3.63) is 66.1 Å². The Morgan fingerprint density at radius 1 is 0.955 bits per heavy atom. The summed E-state index contributed by atoms with van der Waals surface area (Å²) in [5, 5.41) is 1.33. The summed E-state index contributed by atoms with van der Waals surface area (Å²) >= 11 is 0. The van der Waals surface area contributed by atoms with Crippen molar-refractivity contribution in [3.8, 4) is 0 Å². The molecule has 3 aromatic rings. The van der Waals surface area contributed by atoms with Crippen LogP contribution in [-0.4, -0.2) is 28.0 Å². The van der Waals surface area contributed by atoms with E-state index < -0.39 is 0 Å². The number of aromatic nitrogens is 2. The summed E-state index contributed by atoms with van der Waals surface area (Å²) in [6, 6.07) is 13.2. The van der Waals surface area contributed by atoms with Gasteiger partial charge >= 0.3 is 0 Å². The van der Waals surface area contributed by atoms with E-state index in [0.29, 0.717) is 6.04 Å². The molecule has 0 bridgehead atoms. The molecule has 0 spiro atoms. The minimum Gasteiger partial charge on any atom is -0.361 e. The third kappa shape index (κ3) is 2.42. The Kier molecular flexibility index (Phi) is 3.65. The Morgan fingerprint density at radius 2 is 1.73 bits per heavy atom. The Hall–Kier alpha value is -2.13. The molecular formula is C19H21N3. The van der Waals surface area contributed by atoms with Gasteiger partial charge in [0.1, 0.15) is 0 Å². The van der Waals surface area contributed by atoms with Crippen LogP contribution in [0, 0.1) is 0 Å².